The molecule has 2 saturated carbocycles. The second kappa shape index (κ2) is 3.73. The summed E-state index contributed by atoms with van der Waals surface area (Å²) in [4.78, 5) is 23.9. The van der Waals surface area contributed by atoms with E-state index in [1.807, 2.05) is 6.92 Å². The van der Waals surface area contributed by atoms with Gasteiger partial charge in [-0.25, -0.2) is 0 Å². The quantitative estimate of drug-likeness (QED) is 0.621. The molecule has 15 heavy (non-hydrogen) atoms. The van der Waals surface area contributed by atoms with Gasteiger partial charge in [0.15, 0.2) is 0 Å². The third-order valence-electron chi connectivity index (χ3n) is 4.58. The Bertz CT molecular complexity index is 295. The zero-order valence-corrected chi connectivity index (χ0v) is 9.71. The fourth-order valence-electron chi connectivity index (χ4n) is 3.25. The third-order valence-corrected chi connectivity index (χ3v) is 4.58. The fourth-order valence-corrected chi connectivity index (χ4v) is 3.25. The van der Waals surface area contributed by atoms with E-state index in [-0.39, 0.29) is 17.5 Å². The Morgan fingerprint density at radius 1 is 1.27 bits per heavy atom. The minimum atomic E-state index is -0.654. The fraction of sp³-hybridized carbons (Fsp3) is 0.846. The summed E-state index contributed by atoms with van der Waals surface area (Å²) >= 11 is 0. The van der Waals surface area contributed by atoms with Crippen molar-refractivity contribution in [1.82, 2.24) is 0 Å². The van der Waals surface area contributed by atoms with Gasteiger partial charge in [0.05, 0.1) is 5.41 Å². The van der Waals surface area contributed by atoms with E-state index in [2.05, 4.69) is 0 Å². The Hall–Kier alpha value is -0.660. The molecule has 2 nitrogen and oxygen atoms in total. The molecule has 0 N–H and O–H groups in total. The predicted molar refractivity (Wildman–Crippen MR) is 58.5 cm³/mol. The van der Waals surface area contributed by atoms with Crippen LogP contribution in [0.25, 0.3) is 0 Å². The van der Waals surface area contributed by atoms with E-state index in [1.54, 1.807) is 6.92 Å². The van der Waals surface area contributed by atoms with Gasteiger partial charge in [-0.15, -0.1) is 0 Å². The van der Waals surface area contributed by atoms with Crippen LogP contribution in [0.4, 0.5) is 0 Å². The van der Waals surface area contributed by atoms with E-state index in [4.69, 9.17) is 0 Å². The Morgan fingerprint density at radius 3 is 2.60 bits per heavy atom. The maximum absolute atomic E-state index is 12.3. The molecule has 0 aliphatic heterocycles. The third kappa shape index (κ3) is 1.64. The lowest BCUT2D eigenvalue weighted by Crippen LogP contribution is -2.47. The maximum atomic E-state index is 12.3. The molecule has 0 bridgehead atoms. The van der Waals surface area contributed by atoms with Gasteiger partial charge >= 0.3 is 0 Å². The SMILES string of the molecule is CC(=O)[C@]1(C)CC[C@H]2CCCC[C@@H]2C1=O. The van der Waals surface area contributed by atoms with Gasteiger partial charge in [-0.1, -0.05) is 12.8 Å². The average molecular weight is 208 g/mol. The molecule has 2 rings (SSSR count). The highest BCUT2D eigenvalue weighted by Crippen LogP contribution is 2.45. The molecule has 2 heteroatoms. The van der Waals surface area contributed by atoms with Crippen molar-refractivity contribution in [3.05, 3.63) is 0 Å². The van der Waals surface area contributed by atoms with Crippen LogP contribution in [0, 0.1) is 17.3 Å². The highest BCUT2D eigenvalue weighted by Gasteiger charge is 2.48. The standard InChI is InChI=1S/C13H20O2/c1-9(14)13(2)8-7-10-5-3-4-6-11(10)12(13)15/h10-11H,3-8H2,1-2H3/t10-,11+,13+/m1/s1. The van der Waals surface area contributed by atoms with Crippen molar-refractivity contribution in [2.45, 2.75) is 52.4 Å². The van der Waals surface area contributed by atoms with Crippen LogP contribution < -0.4 is 0 Å². The van der Waals surface area contributed by atoms with Crippen molar-refractivity contribution >= 4 is 11.6 Å². The lowest BCUT2D eigenvalue weighted by Gasteiger charge is -2.42. The molecule has 2 aliphatic rings. The minimum Gasteiger partial charge on any atom is -0.299 e. The lowest BCUT2D eigenvalue weighted by molar-refractivity contribution is -0.147. The summed E-state index contributed by atoms with van der Waals surface area (Å²) < 4.78 is 0. The number of Topliss-reactive ketones (excluding diaryl/α,β-unsaturated/α-hetero) is 2. The first kappa shape index (κ1) is 10.8. The Morgan fingerprint density at radius 2 is 1.93 bits per heavy atom. The number of hydrogen-bond acceptors (Lipinski definition) is 2. The number of hydrogen-bond donors (Lipinski definition) is 0. The first-order valence-electron chi connectivity index (χ1n) is 6.11. The van der Waals surface area contributed by atoms with Crippen LogP contribution in [-0.4, -0.2) is 11.6 Å². The number of carbonyl (C=O) groups is 2. The van der Waals surface area contributed by atoms with Crippen LogP contribution in [0.5, 0.6) is 0 Å². The Labute approximate surface area is 91.4 Å². The summed E-state index contributed by atoms with van der Waals surface area (Å²) in [7, 11) is 0. The zero-order chi connectivity index (χ0) is 11.1. The summed E-state index contributed by atoms with van der Waals surface area (Å²) in [5.74, 6) is 1.09. The van der Waals surface area contributed by atoms with Crippen LogP contribution in [0.3, 0.4) is 0 Å². The summed E-state index contributed by atoms with van der Waals surface area (Å²) in [6, 6.07) is 0. The molecule has 0 aromatic rings. The molecular formula is C13H20O2. The lowest BCUT2D eigenvalue weighted by atomic mass is 9.60. The summed E-state index contributed by atoms with van der Waals surface area (Å²) in [5.41, 5.74) is -0.654. The van der Waals surface area contributed by atoms with Crippen molar-refractivity contribution in [2.75, 3.05) is 0 Å². The monoisotopic (exact) mass is 208 g/mol. The highest BCUT2D eigenvalue weighted by atomic mass is 16.2. The van der Waals surface area contributed by atoms with Crippen molar-refractivity contribution in [3.8, 4) is 0 Å². The predicted octanol–water partition coefficient (Wildman–Crippen LogP) is 2.75. The van der Waals surface area contributed by atoms with Crippen LogP contribution in [0.1, 0.15) is 52.4 Å². The minimum absolute atomic E-state index is 0.0662. The zero-order valence-electron chi connectivity index (χ0n) is 9.71. The molecule has 84 valence electrons. The molecular weight excluding hydrogens is 188 g/mol. The topological polar surface area (TPSA) is 34.1 Å². The van der Waals surface area contributed by atoms with Gasteiger partial charge in [0.1, 0.15) is 11.6 Å². The molecule has 0 aromatic heterocycles. The summed E-state index contributed by atoms with van der Waals surface area (Å²) in [6.45, 7) is 3.42. The smallest absolute Gasteiger partial charge is 0.149 e. The molecule has 2 fully saturated rings. The molecule has 0 unspecified atom stereocenters. The van der Waals surface area contributed by atoms with Crippen molar-refractivity contribution in [2.24, 2.45) is 17.3 Å². The van der Waals surface area contributed by atoms with E-state index >= 15 is 0 Å². The second-order valence-electron chi connectivity index (χ2n) is 5.44. The van der Waals surface area contributed by atoms with Gasteiger partial charge in [-0.3, -0.25) is 9.59 Å². The van der Waals surface area contributed by atoms with E-state index in [0.717, 1.165) is 19.3 Å². The van der Waals surface area contributed by atoms with Crippen LogP contribution >= 0.6 is 0 Å². The summed E-state index contributed by atoms with van der Waals surface area (Å²) in [5, 5.41) is 0. The van der Waals surface area contributed by atoms with Gasteiger partial charge in [0.25, 0.3) is 0 Å². The van der Waals surface area contributed by atoms with Gasteiger partial charge < -0.3 is 0 Å². The molecule has 0 heterocycles. The van der Waals surface area contributed by atoms with E-state index in [9.17, 15) is 9.59 Å². The average Bonchev–Trinajstić information content (AvgIpc) is 2.24. The number of ketones is 2. The van der Waals surface area contributed by atoms with Crippen molar-refractivity contribution in [3.63, 3.8) is 0 Å². The molecule has 0 amide bonds. The molecule has 3 atom stereocenters. The molecule has 0 radical (unpaired) electrons. The van der Waals surface area contributed by atoms with Crippen molar-refractivity contribution in [1.29, 1.82) is 0 Å². The second-order valence-corrected chi connectivity index (χ2v) is 5.44. The number of rotatable bonds is 1. The molecule has 0 saturated heterocycles. The summed E-state index contributed by atoms with van der Waals surface area (Å²) in [6.07, 6.45) is 6.51. The van der Waals surface area contributed by atoms with Crippen LogP contribution in [-0.2, 0) is 9.59 Å². The van der Waals surface area contributed by atoms with Gasteiger partial charge in [-0.05, 0) is 45.4 Å². The first-order valence-corrected chi connectivity index (χ1v) is 6.11. The Kier molecular flexibility index (Phi) is 2.70. The van der Waals surface area contributed by atoms with Crippen LogP contribution in [0.15, 0.2) is 0 Å². The van der Waals surface area contributed by atoms with E-state index in [0.29, 0.717) is 5.92 Å². The number of fused-ring (bicyclic) bond motifs is 1. The molecule has 0 spiro atoms. The molecule has 0 aromatic carbocycles. The normalized spacial score (nSPS) is 41.1. The Balaban J connectivity index is 2.21. The van der Waals surface area contributed by atoms with Gasteiger partial charge in [-0.2, -0.15) is 0 Å². The number of carbonyl (C=O) groups excluding carboxylic acids is 2. The largest absolute Gasteiger partial charge is 0.299 e. The van der Waals surface area contributed by atoms with E-state index in [1.165, 1.54) is 19.3 Å². The van der Waals surface area contributed by atoms with Gasteiger partial charge in [0.2, 0.25) is 0 Å². The van der Waals surface area contributed by atoms with E-state index < -0.39 is 5.41 Å². The maximum Gasteiger partial charge on any atom is 0.149 e. The molecule has 2 aliphatic carbocycles. The van der Waals surface area contributed by atoms with Gasteiger partial charge in [0, 0.05) is 5.92 Å². The van der Waals surface area contributed by atoms with Crippen molar-refractivity contribution < 1.29 is 9.59 Å². The van der Waals surface area contributed by atoms with Crippen LogP contribution in [0.2, 0.25) is 0 Å². The highest BCUT2D eigenvalue weighted by molar-refractivity contribution is 6.07. The first-order chi connectivity index (χ1) is 7.05.